The molecule has 0 aliphatic rings. The predicted octanol–water partition coefficient (Wildman–Crippen LogP) is 0.481. The molecule has 96 valence electrons. The van der Waals surface area contributed by atoms with Crippen LogP contribution >= 0.6 is 11.3 Å². The van der Waals surface area contributed by atoms with Crippen LogP contribution in [-0.2, 0) is 11.2 Å². The van der Waals surface area contributed by atoms with E-state index in [1.807, 2.05) is 0 Å². The van der Waals surface area contributed by atoms with Crippen molar-refractivity contribution in [2.75, 3.05) is 5.73 Å². The van der Waals surface area contributed by atoms with Crippen molar-refractivity contribution in [3.63, 3.8) is 0 Å². The third-order valence-corrected chi connectivity index (χ3v) is 3.31. The Morgan fingerprint density at radius 3 is 3.11 bits per heavy atom. The van der Waals surface area contributed by atoms with Crippen LogP contribution in [0.5, 0.6) is 0 Å². The summed E-state index contributed by atoms with van der Waals surface area (Å²) in [6.07, 6.45) is 2.79. The molecular weight excluding hydrogens is 268 g/mol. The van der Waals surface area contributed by atoms with Crippen molar-refractivity contribution in [1.82, 2.24) is 24.7 Å². The van der Waals surface area contributed by atoms with Crippen LogP contribution in [0.15, 0.2) is 17.9 Å². The van der Waals surface area contributed by atoms with Crippen LogP contribution in [0, 0.1) is 0 Å². The SMILES string of the molecule is Nc1ncnc2c1cnn2-c1nc(CC(=O)O)cs1. The van der Waals surface area contributed by atoms with Crippen molar-refractivity contribution in [1.29, 1.82) is 0 Å². The zero-order chi connectivity index (χ0) is 13.4. The number of carbonyl (C=O) groups is 1. The number of carboxylic acids is 1. The Morgan fingerprint density at radius 1 is 1.47 bits per heavy atom. The van der Waals surface area contributed by atoms with Gasteiger partial charge >= 0.3 is 5.97 Å². The summed E-state index contributed by atoms with van der Waals surface area (Å²) in [5.74, 6) is -0.577. The quantitative estimate of drug-likeness (QED) is 0.713. The first kappa shape index (κ1) is 11.5. The van der Waals surface area contributed by atoms with Crippen molar-refractivity contribution in [2.24, 2.45) is 0 Å². The van der Waals surface area contributed by atoms with E-state index in [1.165, 1.54) is 22.3 Å². The van der Waals surface area contributed by atoms with Crippen LogP contribution in [-0.4, -0.2) is 35.8 Å². The van der Waals surface area contributed by atoms with Crippen LogP contribution < -0.4 is 5.73 Å². The van der Waals surface area contributed by atoms with Gasteiger partial charge in [0.2, 0.25) is 5.13 Å². The largest absolute Gasteiger partial charge is 0.481 e. The first-order valence-electron chi connectivity index (χ1n) is 5.26. The number of aromatic nitrogens is 5. The lowest BCUT2D eigenvalue weighted by atomic mass is 10.3. The van der Waals surface area contributed by atoms with Crippen molar-refractivity contribution in [2.45, 2.75) is 6.42 Å². The molecule has 0 bridgehead atoms. The Bertz CT molecular complexity index is 764. The summed E-state index contributed by atoms with van der Waals surface area (Å²) in [6, 6.07) is 0. The van der Waals surface area contributed by atoms with E-state index in [2.05, 4.69) is 20.1 Å². The molecule has 0 radical (unpaired) electrons. The summed E-state index contributed by atoms with van der Waals surface area (Å²) in [7, 11) is 0. The average Bonchev–Trinajstić information content (AvgIpc) is 2.95. The van der Waals surface area contributed by atoms with Crippen LogP contribution in [0.1, 0.15) is 5.69 Å². The van der Waals surface area contributed by atoms with Crippen molar-refractivity contribution >= 4 is 34.2 Å². The minimum Gasteiger partial charge on any atom is -0.481 e. The van der Waals surface area contributed by atoms with E-state index >= 15 is 0 Å². The molecule has 0 amide bonds. The number of hydrogen-bond acceptors (Lipinski definition) is 7. The molecule has 0 saturated heterocycles. The topological polar surface area (TPSA) is 120 Å². The van der Waals surface area contributed by atoms with Crippen LogP contribution in [0.2, 0.25) is 0 Å². The van der Waals surface area contributed by atoms with Crippen LogP contribution in [0.25, 0.3) is 16.2 Å². The number of thiazole rings is 1. The van der Waals surface area contributed by atoms with Crippen molar-refractivity contribution < 1.29 is 9.90 Å². The fourth-order valence-electron chi connectivity index (χ4n) is 1.63. The van der Waals surface area contributed by atoms with Gasteiger partial charge in [0.25, 0.3) is 0 Å². The van der Waals surface area contributed by atoms with E-state index in [-0.39, 0.29) is 6.42 Å². The lowest BCUT2D eigenvalue weighted by Gasteiger charge is -1.97. The lowest BCUT2D eigenvalue weighted by Crippen LogP contribution is -2.02. The molecular formula is C10H8N6O2S. The molecule has 0 aromatic carbocycles. The fraction of sp³-hybridized carbons (Fsp3) is 0.100. The number of anilines is 1. The number of aliphatic carboxylic acids is 1. The first-order valence-corrected chi connectivity index (χ1v) is 6.14. The van der Waals surface area contributed by atoms with Gasteiger partial charge in [-0.1, -0.05) is 0 Å². The highest BCUT2D eigenvalue weighted by Crippen LogP contribution is 2.21. The minimum atomic E-state index is -0.922. The molecule has 0 spiro atoms. The second kappa shape index (κ2) is 4.28. The maximum Gasteiger partial charge on any atom is 0.309 e. The Balaban J connectivity index is 2.07. The molecule has 9 heteroatoms. The zero-order valence-corrected chi connectivity index (χ0v) is 10.3. The Morgan fingerprint density at radius 2 is 2.32 bits per heavy atom. The summed E-state index contributed by atoms with van der Waals surface area (Å²) in [6.45, 7) is 0. The monoisotopic (exact) mass is 276 g/mol. The molecule has 0 unspecified atom stereocenters. The van der Waals surface area contributed by atoms with Gasteiger partial charge in [-0.3, -0.25) is 4.79 Å². The Kier molecular flexibility index (Phi) is 2.60. The number of nitrogens with two attached hydrogens (primary N) is 1. The first-order chi connectivity index (χ1) is 9.15. The molecule has 0 aliphatic carbocycles. The summed E-state index contributed by atoms with van der Waals surface area (Å²) in [5.41, 5.74) is 6.75. The highest BCUT2D eigenvalue weighted by Gasteiger charge is 2.13. The van der Waals surface area contributed by atoms with Gasteiger partial charge in [-0.05, 0) is 0 Å². The van der Waals surface area contributed by atoms with Gasteiger partial charge in [0.1, 0.15) is 12.1 Å². The van der Waals surface area contributed by atoms with Crippen molar-refractivity contribution in [3.8, 4) is 5.13 Å². The minimum absolute atomic E-state index is 0.118. The molecule has 3 aromatic rings. The maximum atomic E-state index is 10.6. The molecule has 19 heavy (non-hydrogen) atoms. The number of hydrogen-bond donors (Lipinski definition) is 2. The maximum absolute atomic E-state index is 10.6. The molecule has 0 saturated carbocycles. The highest BCUT2D eigenvalue weighted by molar-refractivity contribution is 7.12. The number of carboxylic acid groups (broad SMARTS) is 1. The Labute approximate surface area is 110 Å². The fourth-order valence-corrected chi connectivity index (χ4v) is 2.41. The van der Waals surface area contributed by atoms with E-state index in [4.69, 9.17) is 10.8 Å². The number of rotatable bonds is 3. The standard InChI is InChI=1S/C10H8N6O2S/c11-8-6-2-14-16(9(6)13-4-12-8)10-15-5(3-19-10)1-7(17)18/h2-4H,1H2,(H,17,18)(H2,11,12,13). The van der Waals surface area contributed by atoms with Gasteiger partial charge in [-0.25, -0.2) is 15.0 Å². The molecule has 0 fully saturated rings. The second-order valence-corrected chi connectivity index (χ2v) is 4.58. The van der Waals surface area contributed by atoms with E-state index in [0.29, 0.717) is 27.7 Å². The predicted molar refractivity (Wildman–Crippen MR) is 68.1 cm³/mol. The van der Waals surface area contributed by atoms with Crippen LogP contribution in [0.3, 0.4) is 0 Å². The average molecular weight is 276 g/mol. The molecule has 3 aromatic heterocycles. The summed E-state index contributed by atoms with van der Waals surface area (Å²) in [5, 5.41) is 15.7. The highest BCUT2D eigenvalue weighted by atomic mass is 32.1. The summed E-state index contributed by atoms with van der Waals surface area (Å²) >= 11 is 1.29. The molecule has 3 rings (SSSR count). The normalized spacial score (nSPS) is 10.9. The van der Waals surface area contributed by atoms with Gasteiger partial charge in [0.05, 0.1) is 23.7 Å². The molecule has 3 N–H and O–H groups in total. The zero-order valence-electron chi connectivity index (χ0n) is 9.52. The van der Waals surface area contributed by atoms with E-state index in [1.54, 1.807) is 11.6 Å². The van der Waals surface area contributed by atoms with Gasteiger partial charge < -0.3 is 10.8 Å². The lowest BCUT2D eigenvalue weighted by molar-refractivity contribution is -0.136. The molecule has 0 atom stereocenters. The van der Waals surface area contributed by atoms with Crippen LogP contribution in [0.4, 0.5) is 5.82 Å². The van der Waals surface area contributed by atoms with Gasteiger partial charge in [0.15, 0.2) is 5.65 Å². The smallest absolute Gasteiger partial charge is 0.309 e. The molecule has 3 heterocycles. The molecule has 0 aliphatic heterocycles. The van der Waals surface area contributed by atoms with E-state index in [9.17, 15) is 4.79 Å². The van der Waals surface area contributed by atoms with Crippen molar-refractivity contribution in [3.05, 3.63) is 23.6 Å². The van der Waals surface area contributed by atoms with Gasteiger partial charge in [-0.15, -0.1) is 11.3 Å². The number of nitrogens with zero attached hydrogens (tertiary/aromatic N) is 5. The van der Waals surface area contributed by atoms with Gasteiger partial charge in [0, 0.05) is 5.38 Å². The van der Waals surface area contributed by atoms with E-state index in [0.717, 1.165) is 0 Å². The third kappa shape index (κ3) is 1.99. The third-order valence-electron chi connectivity index (χ3n) is 2.45. The summed E-state index contributed by atoms with van der Waals surface area (Å²) < 4.78 is 1.52. The van der Waals surface area contributed by atoms with Gasteiger partial charge in [-0.2, -0.15) is 9.78 Å². The molecule has 8 nitrogen and oxygen atoms in total. The second-order valence-electron chi connectivity index (χ2n) is 3.74. The Hall–Kier alpha value is -2.55. The summed E-state index contributed by atoms with van der Waals surface area (Å²) in [4.78, 5) is 22.8. The number of fused-ring (bicyclic) bond motifs is 1. The number of nitrogen functional groups attached to an aromatic ring is 1. The van der Waals surface area contributed by atoms with E-state index < -0.39 is 5.97 Å².